The summed E-state index contributed by atoms with van der Waals surface area (Å²) in [6, 6.07) is 5.01. The number of nitrogens with one attached hydrogen (secondary N) is 1. The molecular weight excluding hydrogens is 204 g/mol. The Morgan fingerprint density at radius 1 is 1.62 bits per heavy atom. The lowest BCUT2D eigenvalue weighted by molar-refractivity contribution is 0.0910. The van der Waals surface area contributed by atoms with Crippen LogP contribution in [0.4, 0.5) is 0 Å². The Kier molecular flexibility index (Phi) is 3.59. The molecule has 0 atom stereocenters. The van der Waals surface area contributed by atoms with E-state index in [1.807, 2.05) is 19.9 Å². The van der Waals surface area contributed by atoms with Crippen LogP contribution in [-0.4, -0.2) is 23.0 Å². The van der Waals surface area contributed by atoms with E-state index in [-0.39, 0.29) is 11.6 Å². The molecule has 1 aromatic rings. The third-order valence-electron chi connectivity index (χ3n) is 2.09. The quantitative estimate of drug-likeness (QED) is 0.769. The van der Waals surface area contributed by atoms with Crippen molar-refractivity contribution in [1.29, 1.82) is 5.26 Å². The van der Waals surface area contributed by atoms with E-state index >= 15 is 0 Å². The van der Waals surface area contributed by atoms with Crippen LogP contribution in [0.2, 0.25) is 0 Å². The number of nitrogens with two attached hydrogens (primary N) is 1. The van der Waals surface area contributed by atoms with Crippen LogP contribution in [-0.2, 0) is 0 Å². The molecule has 0 aliphatic rings. The molecule has 0 saturated heterocycles. The molecule has 0 aromatic carbocycles. The summed E-state index contributed by atoms with van der Waals surface area (Å²) in [4.78, 5) is 15.6. The molecule has 5 heteroatoms. The van der Waals surface area contributed by atoms with Crippen molar-refractivity contribution in [3.05, 3.63) is 29.6 Å². The number of hydrogen-bond donors (Lipinski definition) is 2. The van der Waals surface area contributed by atoms with Gasteiger partial charge in [-0.3, -0.25) is 4.79 Å². The van der Waals surface area contributed by atoms with Gasteiger partial charge in [0.25, 0.3) is 5.91 Å². The number of nitrogens with zero attached hydrogens (tertiary/aromatic N) is 2. The van der Waals surface area contributed by atoms with Gasteiger partial charge in [-0.2, -0.15) is 5.26 Å². The Morgan fingerprint density at radius 3 is 2.75 bits per heavy atom. The molecule has 5 nitrogen and oxygen atoms in total. The molecule has 0 bridgehead atoms. The first kappa shape index (κ1) is 12.1. The first-order valence-electron chi connectivity index (χ1n) is 4.87. The highest BCUT2D eigenvalue weighted by molar-refractivity contribution is 5.92. The van der Waals surface area contributed by atoms with E-state index in [2.05, 4.69) is 10.3 Å². The molecule has 0 fully saturated rings. The van der Waals surface area contributed by atoms with Gasteiger partial charge in [-0.05, 0) is 26.0 Å². The molecule has 0 aliphatic carbocycles. The summed E-state index contributed by atoms with van der Waals surface area (Å²) in [5.41, 5.74) is 5.74. The molecule has 16 heavy (non-hydrogen) atoms. The highest BCUT2D eigenvalue weighted by Crippen LogP contribution is 2.03. The van der Waals surface area contributed by atoms with Crippen LogP contribution in [0.1, 0.15) is 29.9 Å². The largest absolute Gasteiger partial charge is 0.345 e. The van der Waals surface area contributed by atoms with Gasteiger partial charge in [0.15, 0.2) is 0 Å². The Balaban J connectivity index is 2.78. The van der Waals surface area contributed by atoms with Crippen molar-refractivity contribution in [2.24, 2.45) is 5.73 Å². The number of carbonyl (C=O) groups excluding carboxylic acids is 1. The Labute approximate surface area is 94.3 Å². The minimum Gasteiger partial charge on any atom is -0.345 e. The van der Waals surface area contributed by atoms with Gasteiger partial charge >= 0.3 is 0 Å². The van der Waals surface area contributed by atoms with E-state index in [4.69, 9.17) is 11.0 Å². The van der Waals surface area contributed by atoms with Crippen molar-refractivity contribution in [2.75, 3.05) is 6.54 Å². The van der Waals surface area contributed by atoms with Crippen molar-refractivity contribution in [3.8, 4) is 6.07 Å². The zero-order valence-corrected chi connectivity index (χ0v) is 9.32. The minimum atomic E-state index is -0.466. The lowest BCUT2D eigenvalue weighted by Gasteiger charge is -2.23. The normalized spacial score (nSPS) is 10.6. The first-order chi connectivity index (χ1) is 7.48. The van der Waals surface area contributed by atoms with E-state index < -0.39 is 5.54 Å². The summed E-state index contributed by atoms with van der Waals surface area (Å²) in [5, 5.41) is 11.3. The number of carbonyl (C=O) groups is 1. The molecule has 0 spiro atoms. The zero-order valence-electron chi connectivity index (χ0n) is 9.32. The van der Waals surface area contributed by atoms with Gasteiger partial charge in [0, 0.05) is 18.3 Å². The standard InChI is InChI=1S/C11H14N4O/c1-11(2,7-13)15-10(16)9-4-3-8(5-12)6-14-9/h3-4,6H,7,13H2,1-2H3,(H,15,16). The van der Waals surface area contributed by atoms with Crippen LogP contribution in [0.15, 0.2) is 18.3 Å². The molecule has 3 N–H and O–H groups in total. The van der Waals surface area contributed by atoms with E-state index in [1.54, 1.807) is 6.07 Å². The van der Waals surface area contributed by atoms with Gasteiger partial charge in [-0.25, -0.2) is 4.98 Å². The summed E-state index contributed by atoms with van der Waals surface area (Å²) in [5.74, 6) is -0.292. The predicted octanol–water partition coefficient (Wildman–Crippen LogP) is 0.420. The van der Waals surface area contributed by atoms with Crippen LogP contribution in [0.3, 0.4) is 0 Å². The molecule has 1 aromatic heterocycles. The fourth-order valence-corrected chi connectivity index (χ4v) is 1.02. The van der Waals surface area contributed by atoms with Crippen molar-refractivity contribution < 1.29 is 4.79 Å². The van der Waals surface area contributed by atoms with Crippen molar-refractivity contribution in [1.82, 2.24) is 10.3 Å². The first-order valence-corrected chi connectivity index (χ1v) is 4.87. The monoisotopic (exact) mass is 218 g/mol. The Bertz CT molecular complexity index is 417. The average Bonchev–Trinajstić information content (AvgIpc) is 2.28. The zero-order chi connectivity index (χ0) is 12.2. The predicted molar refractivity (Wildman–Crippen MR) is 59.6 cm³/mol. The third-order valence-corrected chi connectivity index (χ3v) is 2.09. The molecular formula is C11H14N4O. The van der Waals surface area contributed by atoms with Gasteiger partial charge in [0.05, 0.1) is 5.56 Å². The van der Waals surface area contributed by atoms with Crippen molar-refractivity contribution in [3.63, 3.8) is 0 Å². The second-order valence-electron chi connectivity index (χ2n) is 4.09. The number of aromatic nitrogens is 1. The second kappa shape index (κ2) is 4.73. The average molecular weight is 218 g/mol. The van der Waals surface area contributed by atoms with E-state index in [0.717, 1.165) is 0 Å². The highest BCUT2D eigenvalue weighted by Gasteiger charge is 2.19. The molecule has 0 radical (unpaired) electrons. The maximum Gasteiger partial charge on any atom is 0.270 e. The number of nitriles is 1. The number of amides is 1. The summed E-state index contributed by atoms with van der Waals surface area (Å²) >= 11 is 0. The van der Waals surface area contributed by atoms with Crippen LogP contribution in [0.5, 0.6) is 0 Å². The van der Waals surface area contributed by atoms with Gasteiger partial charge in [0.2, 0.25) is 0 Å². The summed E-state index contributed by atoms with van der Waals surface area (Å²) in [7, 11) is 0. The molecule has 0 aliphatic heterocycles. The number of pyridine rings is 1. The molecule has 0 saturated carbocycles. The molecule has 84 valence electrons. The number of rotatable bonds is 3. The number of hydrogen-bond acceptors (Lipinski definition) is 4. The lowest BCUT2D eigenvalue weighted by Crippen LogP contribution is -2.49. The lowest BCUT2D eigenvalue weighted by atomic mass is 10.1. The van der Waals surface area contributed by atoms with Crippen LogP contribution in [0, 0.1) is 11.3 Å². The molecule has 1 rings (SSSR count). The summed E-state index contributed by atoms with van der Waals surface area (Å²) < 4.78 is 0. The van der Waals surface area contributed by atoms with E-state index in [9.17, 15) is 4.79 Å². The topological polar surface area (TPSA) is 91.8 Å². The van der Waals surface area contributed by atoms with E-state index in [1.165, 1.54) is 12.3 Å². The minimum absolute atomic E-state index is 0.278. The van der Waals surface area contributed by atoms with Gasteiger partial charge in [-0.15, -0.1) is 0 Å². The van der Waals surface area contributed by atoms with Crippen LogP contribution >= 0.6 is 0 Å². The summed E-state index contributed by atoms with van der Waals surface area (Å²) in [6.07, 6.45) is 1.37. The van der Waals surface area contributed by atoms with Crippen LogP contribution < -0.4 is 11.1 Å². The van der Waals surface area contributed by atoms with Crippen LogP contribution in [0.25, 0.3) is 0 Å². The highest BCUT2D eigenvalue weighted by atomic mass is 16.2. The van der Waals surface area contributed by atoms with Gasteiger partial charge < -0.3 is 11.1 Å². The second-order valence-corrected chi connectivity index (χ2v) is 4.09. The molecule has 0 unspecified atom stereocenters. The Hall–Kier alpha value is -1.93. The Morgan fingerprint density at radius 2 is 2.31 bits per heavy atom. The smallest absolute Gasteiger partial charge is 0.270 e. The fourth-order valence-electron chi connectivity index (χ4n) is 1.02. The third kappa shape index (κ3) is 3.04. The SMILES string of the molecule is CC(C)(CN)NC(=O)c1ccc(C#N)cn1. The maximum atomic E-state index is 11.7. The van der Waals surface area contributed by atoms with Crippen molar-refractivity contribution in [2.45, 2.75) is 19.4 Å². The van der Waals surface area contributed by atoms with Gasteiger partial charge in [-0.1, -0.05) is 0 Å². The fraction of sp³-hybridized carbons (Fsp3) is 0.364. The van der Waals surface area contributed by atoms with Crippen molar-refractivity contribution >= 4 is 5.91 Å². The maximum absolute atomic E-state index is 11.7. The van der Waals surface area contributed by atoms with Gasteiger partial charge in [0.1, 0.15) is 11.8 Å². The summed E-state index contributed by atoms with van der Waals surface area (Å²) in [6.45, 7) is 4.00. The van der Waals surface area contributed by atoms with E-state index in [0.29, 0.717) is 12.1 Å². The molecule has 1 amide bonds. The molecule has 1 heterocycles.